The first kappa shape index (κ1) is 14.9. The number of rotatable bonds is 4. The fraction of sp³-hybridized carbons (Fsp3) is 0.529. The lowest BCUT2D eigenvalue weighted by atomic mass is 9.97. The zero-order valence-electron chi connectivity index (χ0n) is 13.0. The third-order valence-electron chi connectivity index (χ3n) is 4.81. The van der Waals surface area contributed by atoms with Gasteiger partial charge in [0.1, 0.15) is 6.26 Å². The number of carbonyl (C=O) groups is 1. The monoisotopic (exact) mass is 331 g/mol. The van der Waals surface area contributed by atoms with Crippen LogP contribution < -0.4 is 5.32 Å². The van der Waals surface area contributed by atoms with Gasteiger partial charge in [0.25, 0.3) is 0 Å². The maximum Gasteiger partial charge on any atom is 0.236 e. The Kier molecular flexibility index (Phi) is 4.18. The van der Waals surface area contributed by atoms with Crippen molar-refractivity contribution in [2.45, 2.75) is 44.2 Å². The summed E-state index contributed by atoms with van der Waals surface area (Å²) in [7, 11) is 0. The summed E-state index contributed by atoms with van der Waals surface area (Å²) in [6, 6.07) is 4.92. The van der Waals surface area contributed by atoms with E-state index >= 15 is 0 Å². The average Bonchev–Trinajstić information content (AvgIpc) is 3.27. The summed E-state index contributed by atoms with van der Waals surface area (Å²) in [6.07, 6.45) is 6.61. The Morgan fingerprint density at radius 2 is 2.39 bits per heavy atom. The molecule has 0 saturated carbocycles. The Balaban J connectivity index is 1.32. The van der Waals surface area contributed by atoms with Crippen molar-refractivity contribution in [3.63, 3.8) is 0 Å². The molecule has 6 heteroatoms. The van der Waals surface area contributed by atoms with E-state index in [0.29, 0.717) is 30.1 Å². The van der Waals surface area contributed by atoms with Gasteiger partial charge in [0.05, 0.1) is 17.0 Å². The van der Waals surface area contributed by atoms with Crippen LogP contribution in [0.2, 0.25) is 0 Å². The Bertz CT molecular complexity index is 667. The lowest BCUT2D eigenvalue weighted by Crippen LogP contribution is -2.47. The van der Waals surface area contributed by atoms with E-state index < -0.39 is 0 Å². The van der Waals surface area contributed by atoms with Gasteiger partial charge in [-0.1, -0.05) is 6.07 Å². The number of thiophene rings is 1. The van der Waals surface area contributed by atoms with E-state index in [0.717, 1.165) is 24.3 Å². The summed E-state index contributed by atoms with van der Waals surface area (Å²) in [4.78, 5) is 20.2. The highest BCUT2D eigenvalue weighted by atomic mass is 32.1. The summed E-state index contributed by atoms with van der Waals surface area (Å²) in [5, 5.41) is 5.17. The highest BCUT2D eigenvalue weighted by Gasteiger charge is 2.32. The van der Waals surface area contributed by atoms with Gasteiger partial charge < -0.3 is 14.6 Å². The van der Waals surface area contributed by atoms with Crippen LogP contribution in [0.5, 0.6) is 0 Å². The molecule has 2 atom stereocenters. The van der Waals surface area contributed by atoms with E-state index in [-0.39, 0.29) is 5.91 Å². The fourth-order valence-electron chi connectivity index (χ4n) is 3.70. The van der Waals surface area contributed by atoms with Gasteiger partial charge >= 0.3 is 0 Å². The van der Waals surface area contributed by atoms with Gasteiger partial charge in [-0.25, -0.2) is 4.98 Å². The van der Waals surface area contributed by atoms with E-state index in [2.05, 4.69) is 15.2 Å². The van der Waals surface area contributed by atoms with Crippen molar-refractivity contribution in [2.75, 3.05) is 13.1 Å². The number of carbonyl (C=O) groups excluding carboxylic acids is 1. The third kappa shape index (κ3) is 3.33. The molecule has 122 valence electrons. The second-order valence-corrected chi connectivity index (χ2v) is 7.37. The number of fused-ring (bicyclic) bond motifs is 1. The van der Waals surface area contributed by atoms with Gasteiger partial charge in [-0.3, -0.25) is 4.79 Å². The number of nitrogens with zero attached hydrogens (tertiary/aromatic N) is 2. The summed E-state index contributed by atoms with van der Waals surface area (Å²) < 4.78 is 5.47. The number of hydrogen-bond acceptors (Lipinski definition) is 5. The lowest BCUT2D eigenvalue weighted by Gasteiger charge is -2.35. The van der Waals surface area contributed by atoms with Crippen molar-refractivity contribution >= 4 is 17.2 Å². The topological polar surface area (TPSA) is 58.4 Å². The third-order valence-corrected chi connectivity index (χ3v) is 5.67. The maximum absolute atomic E-state index is 12.3. The molecule has 5 nitrogen and oxygen atoms in total. The van der Waals surface area contributed by atoms with Gasteiger partial charge in [-0.15, -0.1) is 11.3 Å². The minimum atomic E-state index is 0.0486. The molecule has 0 radical (unpaired) electrons. The molecule has 2 aliphatic heterocycles. The summed E-state index contributed by atoms with van der Waals surface area (Å²) in [5.41, 5.74) is 0.698. The van der Waals surface area contributed by atoms with E-state index in [9.17, 15) is 4.79 Å². The molecule has 4 rings (SSSR count). The van der Waals surface area contributed by atoms with Gasteiger partial charge in [0, 0.05) is 18.6 Å². The number of piperidine rings is 1. The highest BCUT2D eigenvalue weighted by molar-refractivity contribution is 7.13. The molecule has 2 aliphatic rings. The average molecular weight is 331 g/mol. The van der Waals surface area contributed by atoms with Gasteiger partial charge in [0.15, 0.2) is 0 Å². The summed E-state index contributed by atoms with van der Waals surface area (Å²) in [5.74, 6) is 0.648. The largest absolute Gasteiger partial charge is 0.444 e. The highest BCUT2D eigenvalue weighted by Crippen LogP contribution is 2.27. The summed E-state index contributed by atoms with van der Waals surface area (Å²) in [6.45, 7) is 2.35. The van der Waals surface area contributed by atoms with E-state index in [4.69, 9.17) is 4.42 Å². The molecule has 0 unspecified atom stereocenters. The van der Waals surface area contributed by atoms with Crippen LogP contribution in [0, 0.1) is 0 Å². The van der Waals surface area contributed by atoms with E-state index in [1.54, 1.807) is 17.6 Å². The maximum atomic E-state index is 12.3. The van der Waals surface area contributed by atoms with Crippen LogP contribution in [0.15, 0.2) is 28.2 Å². The van der Waals surface area contributed by atoms with Crippen molar-refractivity contribution in [2.24, 2.45) is 0 Å². The molecule has 2 aromatic rings. The number of amides is 1. The zero-order chi connectivity index (χ0) is 15.6. The molecule has 0 aromatic carbocycles. The van der Waals surface area contributed by atoms with Crippen LogP contribution in [-0.4, -0.2) is 41.0 Å². The first-order valence-corrected chi connectivity index (χ1v) is 9.17. The lowest BCUT2D eigenvalue weighted by molar-refractivity contribution is -0.121. The van der Waals surface area contributed by atoms with E-state index in [1.807, 2.05) is 17.5 Å². The van der Waals surface area contributed by atoms with Gasteiger partial charge in [0.2, 0.25) is 11.8 Å². The summed E-state index contributed by atoms with van der Waals surface area (Å²) >= 11 is 1.58. The Hall–Kier alpha value is -1.66. The van der Waals surface area contributed by atoms with Crippen LogP contribution in [0.25, 0.3) is 10.8 Å². The van der Waals surface area contributed by atoms with Crippen molar-refractivity contribution in [3.8, 4) is 10.8 Å². The molecule has 2 fully saturated rings. The molecule has 4 heterocycles. The van der Waals surface area contributed by atoms with E-state index in [1.165, 1.54) is 19.4 Å². The molecule has 1 N–H and O–H groups in total. The Labute approximate surface area is 139 Å². The number of hydrogen-bond donors (Lipinski definition) is 1. The number of oxazole rings is 1. The van der Waals surface area contributed by atoms with Gasteiger partial charge in [-0.05, 0) is 43.7 Å². The predicted octanol–water partition coefficient (Wildman–Crippen LogP) is 2.69. The SMILES string of the molecule is O=C(Cc1coc(-c2cccs2)n1)N[C@H]1CCN2CCC[C@H]2C1. The normalized spacial score (nSPS) is 24.5. The molecule has 0 bridgehead atoms. The predicted molar refractivity (Wildman–Crippen MR) is 89.3 cm³/mol. The number of aromatic nitrogens is 1. The number of nitrogens with one attached hydrogen (secondary N) is 1. The zero-order valence-corrected chi connectivity index (χ0v) is 13.8. The smallest absolute Gasteiger partial charge is 0.236 e. The Morgan fingerprint density at radius 1 is 1.43 bits per heavy atom. The minimum Gasteiger partial charge on any atom is -0.444 e. The second kappa shape index (κ2) is 6.45. The van der Waals surface area contributed by atoms with Crippen LogP contribution >= 0.6 is 11.3 Å². The second-order valence-electron chi connectivity index (χ2n) is 6.42. The van der Waals surface area contributed by atoms with Crippen molar-refractivity contribution in [1.82, 2.24) is 15.2 Å². The van der Waals surface area contributed by atoms with Crippen LogP contribution in [0.3, 0.4) is 0 Å². The quantitative estimate of drug-likeness (QED) is 0.936. The standard InChI is InChI=1S/C17H21N3O2S/c21-16(18-12-5-7-20-6-1-3-14(20)9-12)10-13-11-22-17(19-13)15-4-2-8-23-15/h2,4,8,11-12,14H,1,3,5-7,9-10H2,(H,18,21)/t12-,14-/m0/s1. The van der Waals surface area contributed by atoms with Crippen LogP contribution in [0.4, 0.5) is 0 Å². The fourth-order valence-corrected chi connectivity index (χ4v) is 4.36. The Morgan fingerprint density at radius 3 is 3.26 bits per heavy atom. The van der Waals surface area contributed by atoms with Crippen LogP contribution in [0.1, 0.15) is 31.4 Å². The first-order chi connectivity index (χ1) is 11.3. The molecular weight excluding hydrogens is 310 g/mol. The molecule has 1 amide bonds. The molecule has 23 heavy (non-hydrogen) atoms. The molecule has 2 saturated heterocycles. The van der Waals surface area contributed by atoms with Crippen LogP contribution in [-0.2, 0) is 11.2 Å². The molecule has 0 spiro atoms. The van der Waals surface area contributed by atoms with Crippen molar-refractivity contribution < 1.29 is 9.21 Å². The van der Waals surface area contributed by atoms with Crippen molar-refractivity contribution in [3.05, 3.63) is 29.5 Å². The molecule has 2 aromatic heterocycles. The molecule has 0 aliphatic carbocycles. The molecular formula is C17H21N3O2S. The first-order valence-electron chi connectivity index (χ1n) is 8.29. The minimum absolute atomic E-state index is 0.0486. The van der Waals surface area contributed by atoms with Crippen molar-refractivity contribution in [1.29, 1.82) is 0 Å². The van der Waals surface area contributed by atoms with Gasteiger partial charge in [-0.2, -0.15) is 0 Å².